The predicted molar refractivity (Wildman–Crippen MR) is 79.1 cm³/mol. The monoisotopic (exact) mass is 319 g/mol. The fraction of sp³-hybridized carbons (Fsp3) is 0.385. The van der Waals surface area contributed by atoms with E-state index >= 15 is 0 Å². The normalized spacial score (nSPS) is 12.6. The molecule has 1 aromatic rings. The molecule has 0 aromatic heterocycles. The van der Waals surface area contributed by atoms with Crippen LogP contribution in [0.15, 0.2) is 18.2 Å². The van der Waals surface area contributed by atoms with E-state index in [-0.39, 0.29) is 22.1 Å². The highest BCUT2D eigenvalue weighted by Crippen LogP contribution is 2.34. The molecule has 0 aliphatic heterocycles. The molecule has 21 heavy (non-hydrogen) atoms. The molecule has 0 fully saturated rings. The third-order valence-corrected chi connectivity index (χ3v) is 2.94. The summed E-state index contributed by atoms with van der Waals surface area (Å²) in [6, 6.07) is 2.82. The van der Waals surface area contributed by atoms with Crippen LogP contribution in [0, 0.1) is 0 Å². The van der Waals surface area contributed by atoms with Gasteiger partial charge in [-0.05, 0) is 32.0 Å². The molecule has 0 aliphatic carbocycles. The second kappa shape index (κ2) is 6.75. The summed E-state index contributed by atoms with van der Waals surface area (Å²) in [5.41, 5.74) is 4.30. The van der Waals surface area contributed by atoms with Crippen LogP contribution in [0.3, 0.4) is 0 Å². The maximum absolute atomic E-state index is 13.0. The smallest absolute Gasteiger partial charge is 0.389 e. The van der Waals surface area contributed by atoms with Gasteiger partial charge in [-0.15, -0.1) is 0 Å². The molecule has 0 saturated heterocycles. The molecule has 0 bridgehead atoms. The van der Waals surface area contributed by atoms with E-state index in [1.807, 2.05) is 0 Å². The number of carbonyl (C=O) groups excluding carboxylic acids is 1. The third-order valence-electron chi connectivity index (χ3n) is 2.72. The van der Waals surface area contributed by atoms with Crippen molar-refractivity contribution in [3.8, 4) is 0 Å². The first-order valence-electron chi connectivity index (χ1n) is 6.22. The van der Waals surface area contributed by atoms with Gasteiger partial charge >= 0.3 is 6.18 Å². The number of amides is 1. The zero-order valence-electron chi connectivity index (χ0n) is 11.5. The Kier molecular flexibility index (Phi) is 5.54. The molecular weight excluding hydrogens is 303 g/mol. The lowest BCUT2D eigenvalue weighted by Crippen LogP contribution is -2.37. The summed E-state index contributed by atoms with van der Waals surface area (Å²) in [7, 11) is 0. The van der Waals surface area contributed by atoms with E-state index in [1.165, 1.54) is 12.1 Å². The van der Waals surface area contributed by atoms with Crippen LogP contribution in [0.5, 0.6) is 0 Å². The van der Waals surface area contributed by atoms with Gasteiger partial charge in [-0.25, -0.2) is 0 Å². The first kappa shape index (κ1) is 17.2. The number of carbonyl (C=O) groups is 1. The summed E-state index contributed by atoms with van der Waals surface area (Å²) in [5, 5.41) is 5.28. The van der Waals surface area contributed by atoms with Gasteiger partial charge in [0.25, 0.3) is 0 Å². The number of likely N-dealkylation sites (N-methyl/N-ethyl adjacent to an activating group) is 1. The van der Waals surface area contributed by atoms with E-state index in [1.54, 1.807) is 13.8 Å². The van der Waals surface area contributed by atoms with Gasteiger partial charge in [-0.1, -0.05) is 12.2 Å². The van der Waals surface area contributed by atoms with E-state index in [4.69, 9.17) is 5.73 Å². The van der Waals surface area contributed by atoms with Crippen molar-refractivity contribution in [3.05, 3.63) is 29.3 Å². The van der Waals surface area contributed by atoms with Crippen LogP contribution in [0.1, 0.15) is 25.0 Å². The molecule has 0 aliphatic rings. The van der Waals surface area contributed by atoms with Crippen molar-refractivity contribution in [2.24, 2.45) is 5.73 Å². The molecule has 4 nitrogen and oxygen atoms in total. The Bertz CT molecular complexity index is 546. The minimum Gasteiger partial charge on any atom is -0.389 e. The van der Waals surface area contributed by atoms with E-state index < -0.39 is 17.8 Å². The van der Waals surface area contributed by atoms with Gasteiger partial charge in [-0.3, -0.25) is 4.79 Å². The number of thiocarbonyl (C=S) groups is 1. The minimum atomic E-state index is -4.58. The van der Waals surface area contributed by atoms with Gasteiger partial charge in [0.2, 0.25) is 5.91 Å². The maximum atomic E-state index is 13.0. The molecule has 0 heterocycles. The fourth-order valence-electron chi connectivity index (χ4n) is 1.73. The lowest BCUT2D eigenvalue weighted by molar-refractivity contribution is -0.137. The second-order valence-electron chi connectivity index (χ2n) is 4.38. The van der Waals surface area contributed by atoms with Gasteiger partial charge in [0.1, 0.15) is 11.0 Å². The summed E-state index contributed by atoms with van der Waals surface area (Å²) in [6.45, 7) is 3.75. The molecular formula is C13H16F3N3OS. The standard InChI is InChI=1S/C13H16F3N3OS/c1-3-18-12(20)7(2)19-8-4-5-9(11(17)21)10(6-8)13(14,15)16/h4-7,19H,3H2,1-2H3,(H2,17,21)(H,18,20). The Hall–Kier alpha value is -1.83. The highest BCUT2D eigenvalue weighted by Gasteiger charge is 2.34. The van der Waals surface area contributed by atoms with Crippen LogP contribution in [0.25, 0.3) is 0 Å². The Balaban J connectivity index is 3.06. The van der Waals surface area contributed by atoms with Crippen molar-refractivity contribution < 1.29 is 18.0 Å². The van der Waals surface area contributed by atoms with Gasteiger partial charge in [0, 0.05) is 17.8 Å². The molecule has 0 saturated carbocycles. The molecule has 0 spiro atoms. The number of nitrogens with two attached hydrogens (primary N) is 1. The Labute approximate surface area is 125 Å². The number of nitrogens with one attached hydrogen (secondary N) is 2. The van der Waals surface area contributed by atoms with Crippen molar-refractivity contribution in [1.29, 1.82) is 0 Å². The Morgan fingerprint density at radius 3 is 2.52 bits per heavy atom. The Morgan fingerprint density at radius 2 is 2.05 bits per heavy atom. The summed E-state index contributed by atoms with van der Waals surface area (Å²) in [4.78, 5) is 11.2. The molecule has 1 aromatic carbocycles. The first-order chi connectivity index (χ1) is 9.66. The van der Waals surface area contributed by atoms with E-state index in [9.17, 15) is 18.0 Å². The average Bonchev–Trinajstić information content (AvgIpc) is 2.37. The zero-order valence-corrected chi connectivity index (χ0v) is 12.4. The van der Waals surface area contributed by atoms with Crippen molar-refractivity contribution in [2.45, 2.75) is 26.1 Å². The van der Waals surface area contributed by atoms with Crippen LogP contribution in [-0.2, 0) is 11.0 Å². The van der Waals surface area contributed by atoms with Crippen molar-refractivity contribution >= 4 is 28.8 Å². The molecule has 4 N–H and O–H groups in total. The van der Waals surface area contributed by atoms with Crippen LogP contribution < -0.4 is 16.4 Å². The van der Waals surface area contributed by atoms with Gasteiger partial charge in [-0.2, -0.15) is 13.2 Å². The highest BCUT2D eigenvalue weighted by molar-refractivity contribution is 7.80. The van der Waals surface area contributed by atoms with E-state index in [2.05, 4.69) is 22.9 Å². The molecule has 1 rings (SSSR count). The summed E-state index contributed by atoms with van der Waals surface area (Å²) >= 11 is 4.62. The maximum Gasteiger partial charge on any atom is 0.417 e. The van der Waals surface area contributed by atoms with Crippen LogP contribution in [0.4, 0.5) is 18.9 Å². The number of alkyl halides is 3. The van der Waals surface area contributed by atoms with Crippen LogP contribution in [-0.4, -0.2) is 23.5 Å². The highest BCUT2D eigenvalue weighted by atomic mass is 32.1. The van der Waals surface area contributed by atoms with E-state index in [0.717, 1.165) is 6.07 Å². The third kappa shape index (κ3) is 4.59. The fourth-order valence-corrected chi connectivity index (χ4v) is 1.90. The lowest BCUT2D eigenvalue weighted by Gasteiger charge is -2.18. The average molecular weight is 319 g/mol. The molecule has 0 radical (unpaired) electrons. The molecule has 8 heteroatoms. The van der Waals surface area contributed by atoms with Gasteiger partial charge in [0.05, 0.1) is 5.56 Å². The number of hydrogen-bond acceptors (Lipinski definition) is 3. The van der Waals surface area contributed by atoms with Crippen molar-refractivity contribution in [1.82, 2.24) is 5.32 Å². The second-order valence-corrected chi connectivity index (χ2v) is 4.82. The Morgan fingerprint density at radius 1 is 1.43 bits per heavy atom. The molecule has 1 amide bonds. The van der Waals surface area contributed by atoms with E-state index in [0.29, 0.717) is 6.54 Å². The van der Waals surface area contributed by atoms with Crippen LogP contribution >= 0.6 is 12.2 Å². The predicted octanol–water partition coefficient (Wildman–Crippen LogP) is 2.28. The molecule has 1 atom stereocenters. The van der Waals surface area contributed by atoms with Crippen molar-refractivity contribution in [3.63, 3.8) is 0 Å². The van der Waals surface area contributed by atoms with Crippen molar-refractivity contribution in [2.75, 3.05) is 11.9 Å². The van der Waals surface area contributed by atoms with Crippen LogP contribution in [0.2, 0.25) is 0 Å². The largest absolute Gasteiger partial charge is 0.417 e. The quantitative estimate of drug-likeness (QED) is 0.729. The zero-order chi connectivity index (χ0) is 16.2. The first-order valence-corrected chi connectivity index (χ1v) is 6.63. The molecule has 1 unspecified atom stereocenters. The topological polar surface area (TPSA) is 67.2 Å². The SMILES string of the molecule is CCNC(=O)C(C)Nc1ccc(C(N)=S)c(C(F)(F)F)c1. The van der Waals surface area contributed by atoms with Gasteiger partial charge in [0.15, 0.2) is 0 Å². The summed E-state index contributed by atoms with van der Waals surface area (Å²) < 4.78 is 38.9. The lowest BCUT2D eigenvalue weighted by atomic mass is 10.1. The van der Waals surface area contributed by atoms with Gasteiger partial charge < -0.3 is 16.4 Å². The summed E-state index contributed by atoms with van der Waals surface area (Å²) in [5.74, 6) is -0.301. The number of anilines is 1. The minimum absolute atomic E-state index is 0.168. The number of benzene rings is 1. The number of rotatable bonds is 5. The number of hydrogen-bond donors (Lipinski definition) is 3. The molecule has 116 valence electrons. The number of halogens is 3. The summed E-state index contributed by atoms with van der Waals surface area (Å²) in [6.07, 6.45) is -4.58.